The van der Waals surface area contributed by atoms with Crippen LogP contribution in [0.2, 0.25) is 0 Å². The lowest BCUT2D eigenvalue weighted by Gasteiger charge is -2.25. The molecule has 1 aromatic rings. The van der Waals surface area contributed by atoms with Crippen LogP contribution in [0.5, 0.6) is 0 Å². The molecule has 2 rings (SSSR count). The van der Waals surface area contributed by atoms with Gasteiger partial charge >= 0.3 is 12.0 Å². The van der Waals surface area contributed by atoms with Gasteiger partial charge in [0.15, 0.2) is 0 Å². The van der Waals surface area contributed by atoms with E-state index in [9.17, 15) is 9.59 Å². The molecular weight excluding hydrogens is 256 g/mol. The molecule has 1 aromatic carbocycles. The number of carbonyl (C=O) groups is 2. The lowest BCUT2D eigenvalue weighted by molar-refractivity contribution is -0.137. The van der Waals surface area contributed by atoms with Crippen LogP contribution < -0.4 is 5.32 Å². The fourth-order valence-corrected chi connectivity index (χ4v) is 2.24. The zero-order valence-corrected chi connectivity index (χ0v) is 11.6. The molecule has 2 amide bonds. The lowest BCUT2D eigenvalue weighted by Crippen LogP contribution is -2.45. The fourth-order valence-electron chi connectivity index (χ4n) is 2.24. The summed E-state index contributed by atoms with van der Waals surface area (Å²) in [6.45, 7) is 1.76. The van der Waals surface area contributed by atoms with E-state index in [2.05, 4.69) is 5.32 Å². The van der Waals surface area contributed by atoms with Crippen molar-refractivity contribution in [3.8, 4) is 0 Å². The van der Waals surface area contributed by atoms with Crippen LogP contribution in [0, 0.1) is 0 Å². The van der Waals surface area contributed by atoms with E-state index in [1.54, 1.807) is 0 Å². The maximum atomic E-state index is 12.3. The molecule has 0 radical (unpaired) electrons. The summed E-state index contributed by atoms with van der Waals surface area (Å²) < 4.78 is 0. The summed E-state index contributed by atoms with van der Waals surface area (Å²) in [7, 11) is 0. The molecule has 1 atom stereocenters. The first-order valence-corrected chi connectivity index (χ1v) is 6.95. The predicted octanol–water partition coefficient (Wildman–Crippen LogP) is 2.40. The van der Waals surface area contributed by atoms with Gasteiger partial charge in [-0.2, -0.15) is 0 Å². The largest absolute Gasteiger partial charge is 0.480 e. The van der Waals surface area contributed by atoms with Crippen molar-refractivity contribution in [2.75, 3.05) is 6.54 Å². The van der Waals surface area contributed by atoms with Crippen molar-refractivity contribution in [1.82, 2.24) is 10.2 Å². The summed E-state index contributed by atoms with van der Waals surface area (Å²) in [5.41, 5.74) is 1.04. The zero-order chi connectivity index (χ0) is 14.5. The van der Waals surface area contributed by atoms with Crippen molar-refractivity contribution >= 4 is 12.0 Å². The summed E-state index contributed by atoms with van der Waals surface area (Å²) in [6, 6.07) is 9.43. The van der Waals surface area contributed by atoms with Crippen molar-refractivity contribution < 1.29 is 14.7 Å². The van der Waals surface area contributed by atoms with E-state index in [-0.39, 0.29) is 24.7 Å². The quantitative estimate of drug-likeness (QED) is 0.838. The third kappa shape index (κ3) is 3.73. The van der Waals surface area contributed by atoms with E-state index in [1.807, 2.05) is 37.3 Å². The topological polar surface area (TPSA) is 69.6 Å². The Morgan fingerprint density at radius 3 is 2.50 bits per heavy atom. The summed E-state index contributed by atoms with van der Waals surface area (Å²) >= 11 is 0. The number of carboxylic acid groups (broad SMARTS) is 1. The Kier molecular flexibility index (Phi) is 4.61. The monoisotopic (exact) mass is 276 g/mol. The average molecular weight is 276 g/mol. The van der Waals surface area contributed by atoms with E-state index in [1.165, 1.54) is 4.90 Å². The highest BCUT2D eigenvalue weighted by atomic mass is 16.4. The highest BCUT2D eigenvalue weighted by molar-refractivity contribution is 5.81. The summed E-state index contributed by atoms with van der Waals surface area (Å²) in [5.74, 6) is -0.972. The molecule has 0 heterocycles. The molecule has 5 heteroatoms. The number of urea groups is 1. The maximum Gasteiger partial charge on any atom is 0.323 e. The Hall–Kier alpha value is -2.04. The predicted molar refractivity (Wildman–Crippen MR) is 75.4 cm³/mol. The average Bonchev–Trinajstić information content (AvgIpc) is 3.27. The Morgan fingerprint density at radius 1 is 1.35 bits per heavy atom. The third-order valence-corrected chi connectivity index (χ3v) is 3.46. The summed E-state index contributed by atoms with van der Waals surface area (Å²) in [6.07, 6.45) is 2.55. The Morgan fingerprint density at radius 2 is 2.00 bits per heavy atom. The highest BCUT2D eigenvalue weighted by Gasteiger charge is 2.34. The van der Waals surface area contributed by atoms with Crippen molar-refractivity contribution in [1.29, 1.82) is 0 Å². The standard InChI is InChI=1S/C15H20N2O3/c1-2-13(11-6-4-3-5-7-11)16-15(20)17(10-14(18)19)12-8-9-12/h3-7,12-13H,2,8-10H2,1H3,(H,16,20)(H,18,19). The van der Waals surface area contributed by atoms with Crippen LogP contribution >= 0.6 is 0 Å². The number of benzene rings is 1. The summed E-state index contributed by atoms with van der Waals surface area (Å²) in [4.78, 5) is 24.5. The van der Waals surface area contributed by atoms with E-state index >= 15 is 0 Å². The van der Waals surface area contributed by atoms with E-state index in [0.717, 1.165) is 24.8 Å². The SMILES string of the molecule is CCC(NC(=O)N(CC(=O)O)C1CC1)c1ccccc1. The molecule has 0 aromatic heterocycles. The smallest absolute Gasteiger partial charge is 0.323 e. The third-order valence-electron chi connectivity index (χ3n) is 3.46. The molecule has 1 aliphatic rings. The molecule has 0 spiro atoms. The van der Waals surface area contributed by atoms with Gasteiger partial charge in [-0.3, -0.25) is 4.79 Å². The maximum absolute atomic E-state index is 12.3. The molecule has 2 N–H and O–H groups in total. The normalized spacial score (nSPS) is 15.4. The number of carbonyl (C=O) groups excluding carboxylic acids is 1. The van der Waals surface area contributed by atoms with Gasteiger partial charge in [-0.15, -0.1) is 0 Å². The Bertz CT molecular complexity index is 471. The first-order valence-electron chi connectivity index (χ1n) is 6.95. The minimum atomic E-state index is -0.972. The fraction of sp³-hybridized carbons (Fsp3) is 0.467. The van der Waals surface area contributed by atoms with Crippen LogP contribution in [-0.2, 0) is 4.79 Å². The van der Waals surface area contributed by atoms with Gasteiger partial charge in [0.2, 0.25) is 0 Å². The number of carboxylic acids is 1. The molecule has 108 valence electrons. The second-order valence-corrected chi connectivity index (χ2v) is 5.07. The first kappa shape index (κ1) is 14.4. The second kappa shape index (κ2) is 6.41. The molecule has 5 nitrogen and oxygen atoms in total. The van der Waals surface area contributed by atoms with E-state index in [4.69, 9.17) is 5.11 Å². The van der Waals surface area contributed by atoms with E-state index < -0.39 is 5.97 Å². The molecule has 1 fully saturated rings. The number of hydrogen-bond acceptors (Lipinski definition) is 2. The zero-order valence-electron chi connectivity index (χ0n) is 11.6. The van der Waals surface area contributed by atoms with Crippen molar-refractivity contribution in [3.63, 3.8) is 0 Å². The van der Waals surface area contributed by atoms with Gasteiger partial charge in [0, 0.05) is 6.04 Å². The number of amides is 2. The first-order chi connectivity index (χ1) is 9.61. The van der Waals surface area contributed by atoms with Gasteiger partial charge in [0.25, 0.3) is 0 Å². The van der Waals surface area contributed by atoms with Crippen LogP contribution in [0.4, 0.5) is 4.79 Å². The highest BCUT2D eigenvalue weighted by Crippen LogP contribution is 2.27. The van der Waals surface area contributed by atoms with Gasteiger partial charge in [-0.1, -0.05) is 37.3 Å². The minimum Gasteiger partial charge on any atom is -0.480 e. The van der Waals surface area contributed by atoms with Gasteiger partial charge in [0.05, 0.1) is 6.04 Å². The van der Waals surface area contributed by atoms with Gasteiger partial charge in [-0.05, 0) is 24.8 Å². The second-order valence-electron chi connectivity index (χ2n) is 5.07. The number of nitrogens with zero attached hydrogens (tertiary/aromatic N) is 1. The molecule has 0 aliphatic heterocycles. The summed E-state index contributed by atoms with van der Waals surface area (Å²) in [5, 5.41) is 11.8. The Balaban J connectivity index is 2.02. The molecule has 1 saturated carbocycles. The van der Waals surface area contributed by atoms with Crippen molar-refractivity contribution in [2.24, 2.45) is 0 Å². The molecule has 0 bridgehead atoms. The van der Waals surface area contributed by atoms with Crippen LogP contribution in [-0.4, -0.2) is 34.6 Å². The molecular formula is C15H20N2O3. The number of nitrogens with one attached hydrogen (secondary N) is 1. The van der Waals surface area contributed by atoms with Gasteiger partial charge < -0.3 is 15.3 Å². The van der Waals surface area contributed by atoms with Crippen LogP contribution in [0.1, 0.15) is 37.8 Å². The van der Waals surface area contributed by atoms with Gasteiger partial charge in [-0.25, -0.2) is 4.79 Å². The number of aliphatic carboxylic acids is 1. The lowest BCUT2D eigenvalue weighted by atomic mass is 10.1. The van der Waals surface area contributed by atoms with Gasteiger partial charge in [0.1, 0.15) is 6.54 Å². The number of rotatable bonds is 6. The van der Waals surface area contributed by atoms with Crippen LogP contribution in [0.25, 0.3) is 0 Å². The van der Waals surface area contributed by atoms with E-state index in [0.29, 0.717) is 0 Å². The van der Waals surface area contributed by atoms with Crippen LogP contribution in [0.3, 0.4) is 0 Å². The molecule has 1 unspecified atom stereocenters. The van der Waals surface area contributed by atoms with Crippen molar-refractivity contribution in [3.05, 3.63) is 35.9 Å². The molecule has 1 aliphatic carbocycles. The minimum absolute atomic E-state index is 0.0828. The number of hydrogen-bond donors (Lipinski definition) is 2. The van der Waals surface area contributed by atoms with Crippen LogP contribution in [0.15, 0.2) is 30.3 Å². The Labute approximate surface area is 118 Å². The van der Waals surface area contributed by atoms with Crippen molar-refractivity contribution in [2.45, 2.75) is 38.3 Å². The molecule has 20 heavy (non-hydrogen) atoms. The molecule has 0 saturated heterocycles.